The highest BCUT2D eigenvalue weighted by Gasteiger charge is 2.17. The smallest absolute Gasteiger partial charge is 0.262 e. The van der Waals surface area contributed by atoms with Crippen molar-refractivity contribution in [2.45, 2.75) is 25.7 Å². The molecule has 106 valence electrons. The Morgan fingerprint density at radius 3 is 2.45 bits per heavy atom. The van der Waals surface area contributed by atoms with Crippen molar-refractivity contribution in [3.63, 3.8) is 0 Å². The standard InChI is InChI=1S/C14H15BrN2O2S/c1-9-4-5-10(2)13(6-9)20(18,19)17-12-7-11(3)14(15)16-8-12/h4-8,17H,1-3H3. The van der Waals surface area contributed by atoms with E-state index in [1.165, 1.54) is 6.20 Å². The van der Waals surface area contributed by atoms with Crippen LogP contribution in [0.4, 0.5) is 5.69 Å². The molecule has 2 aromatic rings. The van der Waals surface area contributed by atoms with E-state index in [2.05, 4.69) is 25.6 Å². The van der Waals surface area contributed by atoms with E-state index < -0.39 is 10.0 Å². The zero-order chi connectivity index (χ0) is 14.9. The van der Waals surface area contributed by atoms with Gasteiger partial charge in [0.1, 0.15) is 4.60 Å². The summed E-state index contributed by atoms with van der Waals surface area (Å²) in [7, 11) is -3.60. The molecule has 0 fully saturated rings. The van der Waals surface area contributed by atoms with Gasteiger partial charge < -0.3 is 0 Å². The molecule has 0 saturated carbocycles. The molecule has 1 N–H and O–H groups in total. The normalized spacial score (nSPS) is 11.4. The molecule has 1 aromatic heterocycles. The first-order valence-electron chi connectivity index (χ1n) is 6.02. The fourth-order valence-corrected chi connectivity index (χ4v) is 3.40. The quantitative estimate of drug-likeness (QED) is 0.857. The van der Waals surface area contributed by atoms with Gasteiger partial charge >= 0.3 is 0 Å². The lowest BCUT2D eigenvalue weighted by atomic mass is 10.2. The molecule has 0 radical (unpaired) electrons. The van der Waals surface area contributed by atoms with Crippen molar-refractivity contribution in [3.05, 3.63) is 51.8 Å². The Bertz CT molecular complexity index is 758. The third kappa shape index (κ3) is 3.19. The molecule has 0 spiro atoms. The minimum Gasteiger partial charge on any atom is -0.278 e. The molecule has 0 amide bonds. The van der Waals surface area contributed by atoms with Gasteiger partial charge in [-0.05, 0) is 65.5 Å². The Kier molecular flexibility index (Phi) is 4.15. The number of aromatic nitrogens is 1. The highest BCUT2D eigenvalue weighted by atomic mass is 79.9. The van der Waals surface area contributed by atoms with E-state index in [0.29, 0.717) is 15.9 Å². The van der Waals surface area contributed by atoms with Gasteiger partial charge in [0.25, 0.3) is 10.0 Å². The Labute approximate surface area is 127 Å². The minimum atomic E-state index is -3.60. The van der Waals surface area contributed by atoms with Gasteiger partial charge in [-0.15, -0.1) is 0 Å². The topological polar surface area (TPSA) is 59.1 Å². The van der Waals surface area contributed by atoms with Crippen LogP contribution in [0.5, 0.6) is 0 Å². The lowest BCUT2D eigenvalue weighted by Gasteiger charge is -2.11. The predicted molar refractivity (Wildman–Crippen MR) is 83.4 cm³/mol. The van der Waals surface area contributed by atoms with Gasteiger partial charge in [0, 0.05) is 0 Å². The van der Waals surface area contributed by atoms with Gasteiger partial charge in [0.05, 0.1) is 16.8 Å². The number of hydrogen-bond donors (Lipinski definition) is 1. The van der Waals surface area contributed by atoms with Crippen molar-refractivity contribution in [2.75, 3.05) is 4.72 Å². The second-order valence-electron chi connectivity index (χ2n) is 4.71. The number of aryl methyl sites for hydroxylation is 3. The molecule has 2 rings (SSSR count). The molecule has 1 aromatic carbocycles. The number of nitrogens with zero attached hydrogens (tertiary/aromatic N) is 1. The summed E-state index contributed by atoms with van der Waals surface area (Å²) in [6, 6.07) is 7.09. The van der Waals surface area contributed by atoms with Crippen LogP contribution in [0.3, 0.4) is 0 Å². The number of hydrogen-bond acceptors (Lipinski definition) is 3. The van der Waals surface area contributed by atoms with Crippen LogP contribution < -0.4 is 4.72 Å². The Hall–Kier alpha value is -1.40. The van der Waals surface area contributed by atoms with E-state index in [9.17, 15) is 8.42 Å². The highest BCUT2D eigenvalue weighted by Crippen LogP contribution is 2.22. The Morgan fingerprint density at radius 2 is 1.80 bits per heavy atom. The molecule has 0 aliphatic heterocycles. The van der Waals surface area contributed by atoms with Crippen molar-refractivity contribution < 1.29 is 8.42 Å². The molecule has 0 saturated heterocycles. The monoisotopic (exact) mass is 354 g/mol. The van der Waals surface area contributed by atoms with Crippen LogP contribution >= 0.6 is 15.9 Å². The van der Waals surface area contributed by atoms with Crippen molar-refractivity contribution in [3.8, 4) is 0 Å². The van der Waals surface area contributed by atoms with Crippen molar-refractivity contribution in [1.82, 2.24) is 4.98 Å². The largest absolute Gasteiger partial charge is 0.278 e. The maximum atomic E-state index is 12.4. The third-order valence-electron chi connectivity index (χ3n) is 2.90. The average molecular weight is 355 g/mol. The molecule has 20 heavy (non-hydrogen) atoms. The van der Waals surface area contributed by atoms with Gasteiger partial charge in [0.2, 0.25) is 0 Å². The summed E-state index contributed by atoms with van der Waals surface area (Å²) in [5.41, 5.74) is 2.93. The van der Waals surface area contributed by atoms with Crippen LogP contribution in [-0.4, -0.2) is 13.4 Å². The fraction of sp³-hybridized carbons (Fsp3) is 0.214. The summed E-state index contributed by atoms with van der Waals surface area (Å²) in [5.74, 6) is 0. The van der Waals surface area contributed by atoms with E-state index in [0.717, 1.165) is 11.1 Å². The summed E-state index contributed by atoms with van der Waals surface area (Å²) in [5, 5.41) is 0. The van der Waals surface area contributed by atoms with Gasteiger partial charge in [-0.2, -0.15) is 0 Å². The Balaban J connectivity index is 2.40. The maximum Gasteiger partial charge on any atom is 0.262 e. The predicted octanol–water partition coefficient (Wildman–Crippen LogP) is 3.57. The molecule has 6 heteroatoms. The third-order valence-corrected chi connectivity index (χ3v) is 5.25. The van der Waals surface area contributed by atoms with Gasteiger partial charge in [-0.3, -0.25) is 4.72 Å². The molecule has 0 atom stereocenters. The van der Waals surface area contributed by atoms with Crippen LogP contribution in [0.15, 0.2) is 40.0 Å². The number of nitrogens with one attached hydrogen (secondary N) is 1. The first-order valence-corrected chi connectivity index (χ1v) is 8.29. The SMILES string of the molecule is Cc1ccc(C)c(S(=O)(=O)Nc2cnc(Br)c(C)c2)c1. The van der Waals surface area contributed by atoms with Crippen LogP contribution in [0.1, 0.15) is 16.7 Å². The molecular weight excluding hydrogens is 340 g/mol. The van der Waals surface area contributed by atoms with Gasteiger partial charge in [-0.25, -0.2) is 13.4 Å². The average Bonchev–Trinajstić information content (AvgIpc) is 2.36. The van der Waals surface area contributed by atoms with E-state index in [-0.39, 0.29) is 4.90 Å². The number of halogens is 1. The zero-order valence-corrected chi connectivity index (χ0v) is 13.8. The Morgan fingerprint density at radius 1 is 1.10 bits per heavy atom. The number of rotatable bonds is 3. The van der Waals surface area contributed by atoms with Crippen LogP contribution in [0.25, 0.3) is 0 Å². The lowest BCUT2D eigenvalue weighted by molar-refractivity contribution is 0.600. The number of pyridine rings is 1. The summed E-state index contributed by atoms with van der Waals surface area (Å²) >= 11 is 3.29. The lowest BCUT2D eigenvalue weighted by Crippen LogP contribution is -2.14. The van der Waals surface area contributed by atoms with Crippen LogP contribution in [0.2, 0.25) is 0 Å². The highest BCUT2D eigenvalue weighted by molar-refractivity contribution is 9.10. The number of benzene rings is 1. The summed E-state index contributed by atoms with van der Waals surface area (Å²) in [6.45, 7) is 5.50. The minimum absolute atomic E-state index is 0.290. The summed E-state index contributed by atoms with van der Waals surface area (Å²) in [4.78, 5) is 4.38. The number of anilines is 1. The molecular formula is C14H15BrN2O2S. The second kappa shape index (κ2) is 5.54. The number of sulfonamides is 1. The van der Waals surface area contributed by atoms with Crippen molar-refractivity contribution in [1.29, 1.82) is 0 Å². The van der Waals surface area contributed by atoms with Gasteiger partial charge in [-0.1, -0.05) is 12.1 Å². The van der Waals surface area contributed by atoms with Crippen LogP contribution in [0, 0.1) is 20.8 Å². The first kappa shape index (κ1) is 15.0. The zero-order valence-electron chi connectivity index (χ0n) is 11.4. The van der Waals surface area contributed by atoms with Crippen molar-refractivity contribution >= 4 is 31.6 Å². The van der Waals surface area contributed by atoms with Crippen molar-refractivity contribution in [2.24, 2.45) is 0 Å². The second-order valence-corrected chi connectivity index (χ2v) is 7.11. The molecule has 1 heterocycles. The summed E-state index contributed by atoms with van der Waals surface area (Å²) < 4.78 is 28.1. The van der Waals surface area contributed by atoms with E-state index >= 15 is 0 Å². The molecule has 0 aliphatic rings. The van der Waals surface area contributed by atoms with E-state index in [1.807, 2.05) is 19.9 Å². The van der Waals surface area contributed by atoms with E-state index in [4.69, 9.17) is 0 Å². The molecule has 0 unspecified atom stereocenters. The van der Waals surface area contributed by atoms with E-state index in [1.54, 1.807) is 25.1 Å². The fourth-order valence-electron chi connectivity index (χ4n) is 1.82. The van der Waals surface area contributed by atoms with Crippen LogP contribution in [-0.2, 0) is 10.0 Å². The molecule has 0 aliphatic carbocycles. The molecule has 4 nitrogen and oxygen atoms in total. The maximum absolute atomic E-state index is 12.4. The first-order chi connectivity index (χ1) is 9.29. The van der Waals surface area contributed by atoms with Gasteiger partial charge in [0.15, 0.2) is 0 Å². The summed E-state index contributed by atoms with van der Waals surface area (Å²) in [6.07, 6.45) is 1.49. The molecule has 0 bridgehead atoms.